The van der Waals surface area contributed by atoms with E-state index in [-0.39, 0.29) is 11.5 Å². The molecule has 0 radical (unpaired) electrons. The lowest BCUT2D eigenvalue weighted by molar-refractivity contribution is 0.107. The summed E-state index contributed by atoms with van der Waals surface area (Å²) < 4.78 is 29.2. The molecule has 29 heavy (non-hydrogen) atoms. The quantitative estimate of drug-likeness (QED) is 0.571. The van der Waals surface area contributed by atoms with E-state index in [4.69, 9.17) is 0 Å². The summed E-state index contributed by atoms with van der Waals surface area (Å²) in [5, 5.41) is 13.9. The van der Waals surface area contributed by atoms with Crippen LogP contribution in [0.1, 0.15) is 58.2 Å². The molecule has 2 aromatic carbocycles. The van der Waals surface area contributed by atoms with Crippen LogP contribution < -0.4 is 5.32 Å². The molecule has 3 rings (SSSR count). The van der Waals surface area contributed by atoms with Crippen LogP contribution in [0.4, 0.5) is 8.78 Å². The summed E-state index contributed by atoms with van der Waals surface area (Å²) in [6, 6.07) is 9.35. The first kappa shape index (κ1) is 21.1. The first-order chi connectivity index (χ1) is 13.5. The molecule has 3 aromatic rings. The number of aliphatic hydroxyl groups excluding tert-OH is 1. The van der Waals surface area contributed by atoms with E-state index in [1.165, 1.54) is 12.1 Å². The molecule has 154 valence electrons. The van der Waals surface area contributed by atoms with Crippen molar-refractivity contribution in [3.05, 3.63) is 71.8 Å². The van der Waals surface area contributed by atoms with Crippen LogP contribution in [-0.2, 0) is 0 Å². The third kappa shape index (κ3) is 4.89. The van der Waals surface area contributed by atoms with Crippen molar-refractivity contribution in [2.75, 3.05) is 0 Å². The zero-order chi connectivity index (χ0) is 21.3. The van der Waals surface area contributed by atoms with Crippen molar-refractivity contribution < 1.29 is 13.9 Å². The summed E-state index contributed by atoms with van der Waals surface area (Å²) in [7, 11) is 0. The van der Waals surface area contributed by atoms with Gasteiger partial charge in [-0.05, 0) is 67.8 Å². The molecule has 0 aliphatic rings. The summed E-state index contributed by atoms with van der Waals surface area (Å²) in [4.78, 5) is 4.43. The van der Waals surface area contributed by atoms with Crippen molar-refractivity contribution in [2.45, 2.75) is 52.3 Å². The molecule has 2 N–H and O–H groups in total. The Morgan fingerprint density at radius 1 is 1.00 bits per heavy atom. The Balaban J connectivity index is 2.16. The van der Waals surface area contributed by atoms with Gasteiger partial charge in [0.2, 0.25) is 0 Å². The van der Waals surface area contributed by atoms with Crippen LogP contribution in [0, 0.1) is 11.6 Å². The van der Waals surface area contributed by atoms with Crippen molar-refractivity contribution in [2.24, 2.45) is 0 Å². The summed E-state index contributed by atoms with van der Waals surface area (Å²) >= 11 is 0. The van der Waals surface area contributed by atoms with Crippen molar-refractivity contribution in [1.82, 2.24) is 14.9 Å². The standard InChI is InChI=1S/C23H27F2N3O/c1-14(2)21-26-8-9-28(21)18-11-16(15-6-7-19(24)20(25)13-15)10-17(12-18)22(29)27-23(3,4)5/h6-14,22,27,29H,1-5H3. The van der Waals surface area contributed by atoms with Gasteiger partial charge < -0.3 is 9.67 Å². The monoisotopic (exact) mass is 399 g/mol. The fraction of sp³-hybridized carbons (Fsp3) is 0.348. The van der Waals surface area contributed by atoms with E-state index in [1.807, 2.05) is 43.7 Å². The van der Waals surface area contributed by atoms with E-state index in [1.54, 1.807) is 12.3 Å². The largest absolute Gasteiger partial charge is 0.374 e. The van der Waals surface area contributed by atoms with Gasteiger partial charge in [0.1, 0.15) is 12.1 Å². The van der Waals surface area contributed by atoms with Crippen molar-refractivity contribution in [1.29, 1.82) is 0 Å². The molecule has 1 heterocycles. The highest BCUT2D eigenvalue weighted by atomic mass is 19.2. The number of rotatable bonds is 5. The lowest BCUT2D eigenvalue weighted by atomic mass is 9.99. The SMILES string of the molecule is CC(C)c1nccn1-c1cc(-c2ccc(F)c(F)c2)cc(C(O)NC(C)(C)C)c1. The number of aromatic nitrogens is 2. The Kier molecular flexibility index (Phi) is 5.87. The fourth-order valence-electron chi connectivity index (χ4n) is 3.23. The summed E-state index contributed by atoms with van der Waals surface area (Å²) in [6.45, 7) is 9.99. The fourth-order valence-corrected chi connectivity index (χ4v) is 3.23. The summed E-state index contributed by atoms with van der Waals surface area (Å²) in [5.74, 6) is -0.737. The normalized spacial score (nSPS) is 13.1. The van der Waals surface area contributed by atoms with Crippen molar-refractivity contribution >= 4 is 0 Å². The van der Waals surface area contributed by atoms with Crippen LogP contribution in [-0.4, -0.2) is 20.2 Å². The summed E-state index contributed by atoms with van der Waals surface area (Å²) in [5.41, 5.74) is 2.31. The smallest absolute Gasteiger partial charge is 0.159 e. The van der Waals surface area contributed by atoms with Gasteiger partial charge in [0, 0.05) is 29.5 Å². The first-order valence-corrected chi connectivity index (χ1v) is 9.65. The topological polar surface area (TPSA) is 50.1 Å². The molecule has 0 amide bonds. The molecule has 0 aliphatic carbocycles. The van der Waals surface area contributed by atoms with E-state index >= 15 is 0 Å². The molecule has 0 spiro atoms. The van der Waals surface area contributed by atoms with E-state index in [0.29, 0.717) is 16.7 Å². The highest BCUT2D eigenvalue weighted by Crippen LogP contribution is 2.29. The van der Waals surface area contributed by atoms with E-state index in [2.05, 4.69) is 24.1 Å². The molecule has 0 bridgehead atoms. The van der Waals surface area contributed by atoms with Crippen LogP contribution in [0.3, 0.4) is 0 Å². The molecular weight excluding hydrogens is 372 g/mol. The minimum atomic E-state index is -0.926. The highest BCUT2D eigenvalue weighted by molar-refractivity contribution is 5.67. The van der Waals surface area contributed by atoms with Crippen molar-refractivity contribution in [3.8, 4) is 16.8 Å². The van der Waals surface area contributed by atoms with E-state index in [0.717, 1.165) is 17.6 Å². The average molecular weight is 399 g/mol. The van der Waals surface area contributed by atoms with Gasteiger partial charge in [0.25, 0.3) is 0 Å². The van der Waals surface area contributed by atoms with Crippen LogP contribution in [0.2, 0.25) is 0 Å². The predicted molar refractivity (Wildman–Crippen MR) is 111 cm³/mol. The average Bonchev–Trinajstić information content (AvgIpc) is 3.12. The molecule has 6 heteroatoms. The third-order valence-corrected chi connectivity index (χ3v) is 4.54. The van der Waals surface area contributed by atoms with Gasteiger partial charge in [-0.25, -0.2) is 13.8 Å². The lowest BCUT2D eigenvalue weighted by Gasteiger charge is -2.26. The minimum absolute atomic E-state index is 0.193. The van der Waals surface area contributed by atoms with E-state index < -0.39 is 17.9 Å². The minimum Gasteiger partial charge on any atom is -0.374 e. The van der Waals surface area contributed by atoms with Crippen LogP contribution in [0.15, 0.2) is 48.8 Å². The van der Waals surface area contributed by atoms with Gasteiger partial charge in [-0.15, -0.1) is 0 Å². The molecule has 0 fully saturated rings. The van der Waals surface area contributed by atoms with Gasteiger partial charge in [-0.2, -0.15) is 0 Å². The van der Waals surface area contributed by atoms with Crippen molar-refractivity contribution in [3.63, 3.8) is 0 Å². The maximum absolute atomic E-state index is 13.8. The Bertz CT molecular complexity index is 1010. The number of halogens is 2. The first-order valence-electron chi connectivity index (χ1n) is 9.65. The zero-order valence-electron chi connectivity index (χ0n) is 17.4. The molecule has 4 nitrogen and oxygen atoms in total. The number of nitrogens with one attached hydrogen (secondary N) is 1. The maximum Gasteiger partial charge on any atom is 0.159 e. The molecular formula is C23H27F2N3O. The Labute approximate surface area is 170 Å². The summed E-state index contributed by atoms with van der Waals surface area (Å²) in [6.07, 6.45) is 2.65. The van der Waals surface area contributed by atoms with Crippen LogP contribution in [0.25, 0.3) is 16.8 Å². The number of hydrogen-bond acceptors (Lipinski definition) is 3. The van der Waals surface area contributed by atoms with Gasteiger partial charge in [-0.3, -0.25) is 5.32 Å². The third-order valence-electron chi connectivity index (χ3n) is 4.54. The Morgan fingerprint density at radius 2 is 1.72 bits per heavy atom. The lowest BCUT2D eigenvalue weighted by Crippen LogP contribution is -2.38. The molecule has 0 saturated carbocycles. The number of nitrogens with zero attached hydrogens (tertiary/aromatic N) is 2. The predicted octanol–water partition coefficient (Wildman–Crippen LogP) is 5.32. The number of aliphatic hydroxyl groups is 1. The number of hydrogen-bond donors (Lipinski definition) is 2. The second kappa shape index (κ2) is 8.05. The van der Waals surface area contributed by atoms with Crippen LogP contribution in [0.5, 0.6) is 0 Å². The highest BCUT2D eigenvalue weighted by Gasteiger charge is 2.19. The molecule has 1 atom stereocenters. The number of benzene rings is 2. The Morgan fingerprint density at radius 3 is 2.34 bits per heavy atom. The molecule has 1 aromatic heterocycles. The second-order valence-electron chi connectivity index (χ2n) is 8.55. The van der Waals surface area contributed by atoms with Gasteiger partial charge in [0.05, 0.1) is 0 Å². The van der Waals surface area contributed by atoms with E-state index in [9.17, 15) is 13.9 Å². The zero-order valence-corrected chi connectivity index (χ0v) is 17.4. The Hall–Kier alpha value is -2.57. The maximum atomic E-state index is 13.8. The van der Waals surface area contributed by atoms with Crippen LogP contribution >= 0.6 is 0 Å². The van der Waals surface area contributed by atoms with Gasteiger partial charge in [0.15, 0.2) is 11.6 Å². The molecule has 0 aliphatic heterocycles. The second-order valence-corrected chi connectivity index (χ2v) is 8.55. The number of imidazole rings is 1. The molecule has 1 unspecified atom stereocenters. The van der Waals surface area contributed by atoms with Gasteiger partial charge >= 0.3 is 0 Å². The van der Waals surface area contributed by atoms with Gasteiger partial charge in [-0.1, -0.05) is 19.9 Å². The molecule has 0 saturated heterocycles.